The molecule has 1 amide bonds. The Bertz CT molecular complexity index is 1240. The molecule has 0 aliphatic carbocycles. The van der Waals surface area contributed by atoms with Crippen LogP contribution in [0.3, 0.4) is 0 Å². The van der Waals surface area contributed by atoms with Crippen LogP contribution in [-0.2, 0) is 15.4 Å². The molecule has 176 valence electrons. The van der Waals surface area contributed by atoms with E-state index < -0.39 is 15.9 Å². The Labute approximate surface area is 206 Å². The lowest BCUT2D eigenvalue weighted by Crippen LogP contribution is -2.28. The van der Waals surface area contributed by atoms with E-state index in [0.717, 1.165) is 0 Å². The summed E-state index contributed by atoms with van der Waals surface area (Å²) >= 11 is 12.6. The maximum atomic E-state index is 12.5. The van der Waals surface area contributed by atoms with Crippen molar-refractivity contribution in [2.75, 3.05) is 18.5 Å². The van der Waals surface area contributed by atoms with Gasteiger partial charge in [0.2, 0.25) is 9.47 Å². The minimum atomic E-state index is -3.91. The Kier molecular flexibility index (Phi) is 7.96. The second-order valence-corrected chi connectivity index (χ2v) is 11.7. The number of hydrogen-bond donors (Lipinski definition) is 2. The summed E-state index contributed by atoms with van der Waals surface area (Å²) in [6.07, 6.45) is 0. The third kappa shape index (κ3) is 6.87. The average Bonchev–Trinajstić information content (AvgIpc) is 3.20. The zero-order valence-electron chi connectivity index (χ0n) is 18.1. The molecule has 0 unspecified atom stereocenters. The number of carbonyl (C=O) groups is 1. The quantitative estimate of drug-likeness (QED) is 0.322. The highest BCUT2D eigenvalue weighted by atomic mass is 35.5. The van der Waals surface area contributed by atoms with Crippen molar-refractivity contribution in [3.8, 4) is 5.75 Å². The van der Waals surface area contributed by atoms with Crippen LogP contribution in [0.4, 0.5) is 5.13 Å². The fourth-order valence-corrected chi connectivity index (χ4v) is 5.11. The normalized spacial score (nSPS) is 11.9. The van der Waals surface area contributed by atoms with Crippen molar-refractivity contribution in [2.45, 2.75) is 30.5 Å². The van der Waals surface area contributed by atoms with Crippen LogP contribution < -0.4 is 14.8 Å². The molecule has 0 saturated carbocycles. The first-order chi connectivity index (χ1) is 15.5. The number of aromatic nitrogens is 2. The third-order valence-electron chi connectivity index (χ3n) is 4.42. The van der Waals surface area contributed by atoms with Gasteiger partial charge in [-0.25, -0.2) is 13.1 Å². The number of ether oxygens (including phenoxy) is 1. The molecular weight excluding hydrogens is 507 g/mol. The van der Waals surface area contributed by atoms with Crippen LogP contribution in [0.5, 0.6) is 5.75 Å². The highest BCUT2D eigenvalue weighted by Gasteiger charge is 2.21. The Morgan fingerprint density at radius 3 is 2.42 bits per heavy atom. The molecule has 33 heavy (non-hydrogen) atoms. The number of hydrogen-bond acceptors (Lipinski definition) is 7. The molecule has 0 aliphatic rings. The number of halogens is 2. The lowest BCUT2D eigenvalue weighted by Gasteiger charge is -2.19. The Morgan fingerprint density at radius 1 is 1.09 bits per heavy atom. The number of rotatable bonds is 8. The van der Waals surface area contributed by atoms with Crippen molar-refractivity contribution >= 4 is 55.6 Å². The summed E-state index contributed by atoms with van der Waals surface area (Å²) in [4.78, 5) is 12.3. The summed E-state index contributed by atoms with van der Waals surface area (Å²) in [5, 5.41) is 10.4. The fourth-order valence-electron chi connectivity index (χ4n) is 2.66. The summed E-state index contributed by atoms with van der Waals surface area (Å²) in [7, 11) is -3.91. The lowest BCUT2D eigenvalue weighted by atomic mass is 9.87. The number of amides is 1. The van der Waals surface area contributed by atoms with Gasteiger partial charge in [0.1, 0.15) is 12.4 Å². The molecule has 0 spiro atoms. The first-order valence-corrected chi connectivity index (χ1v) is 12.8. The van der Waals surface area contributed by atoms with Gasteiger partial charge in [0.05, 0.1) is 10.6 Å². The predicted molar refractivity (Wildman–Crippen MR) is 130 cm³/mol. The highest BCUT2D eigenvalue weighted by Crippen LogP contribution is 2.25. The van der Waals surface area contributed by atoms with Crippen LogP contribution in [0.25, 0.3) is 0 Å². The number of nitrogens with one attached hydrogen (secondary N) is 2. The molecule has 0 radical (unpaired) electrons. The van der Waals surface area contributed by atoms with Gasteiger partial charge in [0.25, 0.3) is 15.9 Å². The summed E-state index contributed by atoms with van der Waals surface area (Å²) in [6, 6.07) is 12.1. The molecule has 2 aromatic carbocycles. The summed E-state index contributed by atoms with van der Waals surface area (Å²) in [5.74, 6) is 0.0829. The zero-order valence-corrected chi connectivity index (χ0v) is 21.2. The van der Waals surface area contributed by atoms with E-state index in [2.05, 4.69) is 41.0 Å². The van der Waals surface area contributed by atoms with Crippen molar-refractivity contribution in [2.24, 2.45) is 0 Å². The van der Waals surface area contributed by atoms with Gasteiger partial charge in [-0.3, -0.25) is 10.1 Å². The van der Waals surface area contributed by atoms with Crippen molar-refractivity contribution < 1.29 is 17.9 Å². The molecular formula is C21H22Cl2N4O4S2. The van der Waals surface area contributed by atoms with Crippen LogP contribution in [0.1, 0.15) is 36.7 Å². The van der Waals surface area contributed by atoms with Crippen LogP contribution in [0, 0.1) is 0 Å². The second-order valence-electron chi connectivity index (χ2n) is 7.97. The van der Waals surface area contributed by atoms with Crippen molar-refractivity contribution in [1.82, 2.24) is 14.9 Å². The third-order valence-corrected chi connectivity index (χ3v) is 7.63. The molecule has 3 rings (SSSR count). The molecule has 0 bridgehead atoms. The smallest absolute Gasteiger partial charge is 0.269 e. The van der Waals surface area contributed by atoms with Gasteiger partial charge in [-0.15, -0.1) is 10.2 Å². The largest absolute Gasteiger partial charge is 0.492 e. The molecule has 1 heterocycles. The van der Waals surface area contributed by atoms with Gasteiger partial charge >= 0.3 is 0 Å². The Hall–Kier alpha value is -2.24. The number of anilines is 1. The molecule has 12 heteroatoms. The first-order valence-electron chi connectivity index (χ1n) is 9.78. The fraction of sp³-hybridized carbons (Fsp3) is 0.286. The van der Waals surface area contributed by atoms with Crippen LogP contribution >= 0.6 is 34.5 Å². The first kappa shape index (κ1) is 25.4. The second kappa shape index (κ2) is 10.4. The lowest BCUT2D eigenvalue weighted by molar-refractivity contribution is 0.102. The van der Waals surface area contributed by atoms with Gasteiger partial charge in [-0.1, -0.05) is 67.4 Å². The number of benzene rings is 2. The topological polar surface area (TPSA) is 110 Å². The summed E-state index contributed by atoms with van der Waals surface area (Å²) in [6.45, 7) is 6.52. The maximum Gasteiger partial charge on any atom is 0.269 e. The van der Waals surface area contributed by atoms with E-state index in [9.17, 15) is 13.2 Å². The number of sulfonamides is 1. The van der Waals surface area contributed by atoms with Gasteiger partial charge in [-0.05, 0) is 41.3 Å². The van der Waals surface area contributed by atoms with Crippen molar-refractivity contribution in [3.05, 3.63) is 63.6 Å². The minimum absolute atomic E-state index is 0.0154. The molecule has 8 nitrogen and oxygen atoms in total. The van der Waals surface area contributed by atoms with Gasteiger partial charge in [0, 0.05) is 11.6 Å². The van der Waals surface area contributed by atoms with E-state index in [1.807, 2.05) is 24.3 Å². The van der Waals surface area contributed by atoms with E-state index in [1.54, 1.807) is 0 Å². The van der Waals surface area contributed by atoms with E-state index in [4.69, 9.17) is 27.9 Å². The molecule has 0 saturated heterocycles. The van der Waals surface area contributed by atoms with E-state index in [-0.39, 0.29) is 38.6 Å². The Morgan fingerprint density at radius 2 is 1.79 bits per heavy atom. The standard InChI is InChI=1S/C21H22Cl2N4O4S2/c1-21(2,3)13-4-7-15(8-5-13)31-11-10-24-33(29,30)20-27-26-19(32-20)25-18(28)16-9-6-14(22)12-17(16)23/h4-9,12,24H,10-11H2,1-3H3,(H,25,26,28). The van der Waals surface area contributed by atoms with Crippen molar-refractivity contribution in [1.29, 1.82) is 0 Å². The zero-order chi connectivity index (χ0) is 24.2. The van der Waals surface area contributed by atoms with Crippen LogP contribution in [-0.4, -0.2) is 37.7 Å². The summed E-state index contributed by atoms with van der Waals surface area (Å²) in [5.41, 5.74) is 1.38. The molecule has 2 N–H and O–H groups in total. The monoisotopic (exact) mass is 528 g/mol. The van der Waals surface area contributed by atoms with Gasteiger partial charge in [-0.2, -0.15) is 0 Å². The highest BCUT2D eigenvalue weighted by molar-refractivity contribution is 7.91. The van der Waals surface area contributed by atoms with Gasteiger partial charge < -0.3 is 4.74 Å². The molecule has 3 aromatic rings. The predicted octanol–water partition coefficient (Wildman–Crippen LogP) is 4.75. The van der Waals surface area contributed by atoms with E-state index in [0.29, 0.717) is 22.1 Å². The maximum absolute atomic E-state index is 12.5. The number of carbonyl (C=O) groups excluding carboxylic acids is 1. The summed E-state index contributed by atoms with van der Waals surface area (Å²) < 4.78 is 32.6. The van der Waals surface area contributed by atoms with E-state index in [1.165, 1.54) is 23.8 Å². The molecule has 0 atom stereocenters. The van der Waals surface area contributed by atoms with E-state index >= 15 is 0 Å². The molecule has 1 aromatic heterocycles. The SMILES string of the molecule is CC(C)(C)c1ccc(OCCNS(=O)(=O)c2nnc(NC(=O)c3ccc(Cl)cc3Cl)s2)cc1. The molecule has 0 fully saturated rings. The van der Waals surface area contributed by atoms with Crippen molar-refractivity contribution in [3.63, 3.8) is 0 Å². The van der Waals surface area contributed by atoms with Crippen LogP contribution in [0.15, 0.2) is 46.8 Å². The Balaban J connectivity index is 1.53. The van der Waals surface area contributed by atoms with Gasteiger partial charge in [0.15, 0.2) is 0 Å². The number of nitrogens with zero attached hydrogens (tertiary/aromatic N) is 2. The van der Waals surface area contributed by atoms with Crippen LogP contribution in [0.2, 0.25) is 10.0 Å². The minimum Gasteiger partial charge on any atom is -0.492 e. The molecule has 0 aliphatic heterocycles. The average molecular weight is 529 g/mol.